The number of hydrogen-bond donors (Lipinski definition) is 2. The summed E-state index contributed by atoms with van der Waals surface area (Å²) in [5, 5.41) is 5.12. The highest BCUT2D eigenvalue weighted by atomic mass is 79.9. The van der Waals surface area contributed by atoms with E-state index in [2.05, 4.69) is 26.2 Å². The number of hydrogen-bond acceptors (Lipinski definition) is 4. The fraction of sp³-hybridized carbons (Fsp3) is 0.0909. The van der Waals surface area contributed by atoms with E-state index in [0.29, 0.717) is 17.2 Å². The lowest BCUT2D eigenvalue weighted by atomic mass is 10.2. The van der Waals surface area contributed by atoms with Crippen LogP contribution in [-0.4, -0.2) is 10.9 Å². The highest BCUT2D eigenvalue weighted by Crippen LogP contribution is 2.12. The number of anilines is 1. The van der Waals surface area contributed by atoms with Crippen LogP contribution in [0.3, 0.4) is 0 Å². The van der Waals surface area contributed by atoms with Crippen molar-refractivity contribution >= 4 is 38.3 Å². The molecule has 1 heterocycles. The minimum Gasteiger partial charge on any atom is -0.375 e. The zero-order valence-corrected chi connectivity index (χ0v) is 11.2. The van der Waals surface area contributed by atoms with Gasteiger partial charge >= 0.3 is 0 Å². The van der Waals surface area contributed by atoms with Gasteiger partial charge < -0.3 is 11.1 Å². The Balaban J connectivity index is 1.95. The van der Waals surface area contributed by atoms with Crippen molar-refractivity contribution in [2.24, 2.45) is 0 Å². The first-order chi connectivity index (χ1) is 8.15. The van der Waals surface area contributed by atoms with Gasteiger partial charge in [0.1, 0.15) is 0 Å². The number of nitrogen functional groups attached to an aromatic ring is 1. The fourth-order valence-corrected chi connectivity index (χ4v) is 2.11. The lowest BCUT2D eigenvalue weighted by molar-refractivity contribution is 0.0950. The van der Waals surface area contributed by atoms with E-state index >= 15 is 0 Å². The first-order valence-electron chi connectivity index (χ1n) is 4.89. The van der Waals surface area contributed by atoms with Crippen molar-refractivity contribution in [1.82, 2.24) is 10.3 Å². The first kappa shape index (κ1) is 12.1. The van der Waals surface area contributed by atoms with Crippen LogP contribution in [0.2, 0.25) is 0 Å². The SMILES string of the molecule is Nc1nc(CNC(=O)c2ccc(Br)cc2)cs1. The average Bonchev–Trinajstić information content (AvgIpc) is 2.73. The van der Waals surface area contributed by atoms with Crippen molar-refractivity contribution in [2.75, 3.05) is 5.73 Å². The third-order valence-corrected chi connectivity index (χ3v) is 3.36. The Bertz CT molecular complexity index is 524. The van der Waals surface area contributed by atoms with Crippen molar-refractivity contribution in [2.45, 2.75) is 6.54 Å². The van der Waals surface area contributed by atoms with E-state index in [-0.39, 0.29) is 5.91 Å². The average molecular weight is 312 g/mol. The van der Waals surface area contributed by atoms with Crippen LogP contribution < -0.4 is 11.1 Å². The smallest absolute Gasteiger partial charge is 0.251 e. The molecule has 0 saturated carbocycles. The lowest BCUT2D eigenvalue weighted by Gasteiger charge is -2.03. The summed E-state index contributed by atoms with van der Waals surface area (Å²) in [6.07, 6.45) is 0. The minimum absolute atomic E-state index is 0.121. The second-order valence-electron chi connectivity index (χ2n) is 3.37. The maximum atomic E-state index is 11.8. The molecule has 0 bridgehead atoms. The van der Waals surface area contributed by atoms with Gasteiger partial charge in [0, 0.05) is 15.4 Å². The Hall–Kier alpha value is -1.40. The molecule has 0 aliphatic rings. The second kappa shape index (κ2) is 5.29. The third kappa shape index (κ3) is 3.28. The number of halogens is 1. The summed E-state index contributed by atoms with van der Waals surface area (Å²) in [4.78, 5) is 15.8. The number of nitrogens with two attached hydrogens (primary N) is 1. The number of nitrogens with zero attached hydrogens (tertiary/aromatic N) is 1. The summed E-state index contributed by atoms with van der Waals surface area (Å²) in [5.74, 6) is -0.121. The first-order valence-corrected chi connectivity index (χ1v) is 6.56. The van der Waals surface area contributed by atoms with E-state index < -0.39 is 0 Å². The van der Waals surface area contributed by atoms with Crippen LogP contribution in [0, 0.1) is 0 Å². The van der Waals surface area contributed by atoms with E-state index in [0.717, 1.165) is 10.2 Å². The van der Waals surface area contributed by atoms with Gasteiger partial charge in [-0.15, -0.1) is 11.3 Å². The molecule has 0 fully saturated rings. The molecule has 0 unspecified atom stereocenters. The van der Waals surface area contributed by atoms with Gasteiger partial charge in [-0.3, -0.25) is 4.79 Å². The number of amides is 1. The van der Waals surface area contributed by atoms with E-state index in [9.17, 15) is 4.79 Å². The van der Waals surface area contributed by atoms with E-state index in [1.54, 1.807) is 12.1 Å². The maximum Gasteiger partial charge on any atom is 0.251 e. The fourth-order valence-electron chi connectivity index (χ4n) is 1.28. The molecule has 2 rings (SSSR count). The van der Waals surface area contributed by atoms with Crippen molar-refractivity contribution in [1.29, 1.82) is 0 Å². The molecule has 1 aromatic heterocycles. The zero-order chi connectivity index (χ0) is 12.3. The summed E-state index contributed by atoms with van der Waals surface area (Å²) < 4.78 is 0.946. The Labute approximate surface area is 111 Å². The van der Waals surface area contributed by atoms with Gasteiger partial charge in [0.2, 0.25) is 0 Å². The van der Waals surface area contributed by atoms with Crippen LogP contribution in [0.15, 0.2) is 34.1 Å². The molecule has 0 saturated heterocycles. The van der Waals surface area contributed by atoms with Crippen LogP contribution >= 0.6 is 27.3 Å². The Kier molecular flexibility index (Phi) is 3.75. The van der Waals surface area contributed by atoms with Crippen LogP contribution in [-0.2, 0) is 6.54 Å². The molecule has 1 aromatic carbocycles. The predicted octanol–water partition coefficient (Wildman–Crippen LogP) is 2.42. The molecule has 0 spiro atoms. The zero-order valence-electron chi connectivity index (χ0n) is 8.81. The number of carbonyl (C=O) groups excluding carboxylic acids is 1. The van der Waals surface area contributed by atoms with Crippen molar-refractivity contribution in [3.63, 3.8) is 0 Å². The van der Waals surface area contributed by atoms with E-state index in [1.807, 2.05) is 17.5 Å². The van der Waals surface area contributed by atoms with Gasteiger partial charge in [-0.1, -0.05) is 15.9 Å². The van der Waals surface area contributed by atoms with Crippen molar-refractivity contribution in [3.8, 4) is 0 Å². The summed E-state index contributed by atoms with van der Waals surface area (Å²) in [7, 11) is 0. The van der Waals surface area contributed by atoms with Gasteiger partial charge in [-0.2, -0.15) is 0 Å². The topological polar surface area (TPSA) is 68.0 Å². The van der Waals surface area contributed by atoms with Gasteiger partial charge in [-0.25, -0.2) is 4.98 Å². The summed E-state index contributed by atoms with van der Waals surface area (Å²) in [5.41, 5.74) is 6.90. The molecule has 17 heavy (non-hydrogen) atoms. The number of rotatable bonds is 3. The Morgan fingerprint density at radius 1 is 1.41 bits per heavy atom. The largest absolute Gasteiger partial charge is 0.375 e. The monoisotopic (exact) mass is 311 g/mol. The van der Waals surface area contributed by atoms with E-state index in [1.165, 1.54) is 11.3 Å². The number of thiazole rings is 1. The summed E-state index contributed by atoms with van der Waals surface area (Å²) in [6.45, 7) is 0.391. The van der Waals surface area contributed by atoms with E-state index in [4.69, 9.17) is 5.73 Å². The molecule has 0 atom stereocenters. The summed E-state index contributed by atoms with van der Waals surface area (Å²) in [6, 6.07) is 7.18. The summed E-state index contributed by atoms with van der Waals surface area (Å²) >= 11 is 4.68. The van der Waals surface area contributed by atoms with Gasteiger partial charge in [0.15, 0.2) is 5.13 Å². The van der Waals surface area contributed by atoms with Crippen LogP contribution in [0.5, 0.6) is 0 Å². The molecule has 0 aliphatic carbocycles. The minimum atomic E-state index is -0.121. The molecule has 4 nitrogen and oxygen atoms in total. The standard InChI is InChI=1S/C11H10BrN3OS/c12-8-3-1-7(2-4-8)10(16)14-5-9-6-17-11(13)15-9/h1-4,6H,5H2,(H2,13,15)(H,14,16). The van der Waals surface area contributed by atoms with Gasteiger partial charge in [-0.05, 0) is 24.3 Å². The number of carbonyl (C=O) groups is 1. The molecule has 0 radical (unpaired) electrons. The molecular formula is C11H10BrN3OS. The normalized spacial score (nSPS) is 10.2. The van der Waals surface area contributed by atoms with Crippen molar-refractivity contribution in [3.05, 3.63) is 45.4 Å². The van der Waals surface area contributed by atoms with Gasteiger partial charge in [0.05, 0.1) is 12.2 Å². The molecule has 3 N–H and O–H groups in total. The molecule has 0 aliphatic heterocycles. The van der Waals surface area contributed by atoms with Crippen molar-refractivity contribution < 1.29 is 4.79 Å². The quantitative estimate of drug-likeness (QED) is 0.914. The molecule has 1 amide bonds. The van der Waals surface area contributed by atoms with Crippen LogP contribution in [0.25, 0.3) is 0 Å². The number of aromatic nitrogens is 1. The number of nitrogens with one attached hydrogen (secondary N) is 1. The Morgan fingerprint density at radius 2 is 2.12 bits per heavy atom. The molecular weight excluding hydrogens is 302 g/mol. The highest BCUT2D eigenvalue weighted by molar-refractivity contribution is 9.10. The third-order valence-electron chi connectivity index (χ3n) is 2.11. The molecule has 2 aromatic rings. The molecule has 6 heteroatoms. The Morgan fingerprint density at radius 3 is 2.71 bits per heavy atom. The van der Waals surface area contributed by atoms with Crippen LogP contribution in [0.1, 0.15) is 16.1 Å². The van der Waals surface area contributed by atoms with Crippen LogP contribution in [0.4, 0.5) is 5.13 Å². The van der Waals surface area contributed by atoms with Gasteiger partial charge in [0.25, 0.3) is 5.91 Å². The lowest BCUT2D eigenvalue weighted by Crippen LogP contribution is -2.22. The predicted molar refractivity (Wildman–Crippen MR) is 71.8 cm³/mol. The highest BCUT2D eigenvalue weighted by Gasteiger charge is 2.06. The second-order valence-corrected chi connectivity index (χ2v) is 5.17. The maximum absolute atomic E-state index is 11.8. The molecule has 88 valence electrons. The number of benzene rings is 1.